The van der Waals surface area contributed by atoms with Crippen LogP contribution in [0.4, 0.5) is 0 Å². The summed E-state index contributed by atoms with van der Waals surface area (Å²) in [5.74, 6) is 1.93. The van der Waals surface area contributed by atoms with E-state index in [4.69, 9.17) is 0 Å². The van der Waals surface area contributed by atoms with Crippen molar-refractivity contribution in [3.63, 3.8) is 0 Å². The lowest BCUT2D eigenvalue weighted by Gasteiger charge is -2.12. The Morgan fingerprint density at radius 1 is 1.40 bits per heavy atom. The first-order valence-corrected chi connectivity index (χ1v) is 5.71. The third-order valence-corrected chi connectivity index (χ3v) is 2.80. The first-order valence-electron chi connectivity index (χ1n) is 5.71. The van der Waals surface area contributed by atoms with Crippen LogP contribution in [0.3, 0.4) is 0 Å². The second kappa shape index (κ2) is 3.93. The molecule has 4 heteroatoms. The third kappa shape index (κ3) is 2.56. The van der Waals surface area contributed by atoms with Gasteiger partial charge in [-0.1, -0.05) is 20.8 Å². The monoisotopic (exact) mass is 208 g/mol. The molecule has 1 aromatic heterocycles. The number of nitrogens with one attached hydrogen (secondary N) is 2. The highest BCUT2D eigenvalue weighted by Gasteiger charge is 2.21. The number of hydrogen-bond donors (Lipinski definition) is 2. The van der Waals surface area contributed by atoms with Crippen molar-refractivity contribution in [1.82, 2.24) is 20.5 Å². The van der Waals surface area contributed by atoms with E-state index in [9.17, 15) is 0 Å². The molecule has 1 fully saturated rings. The first kappa shape index (κ1) is 10.6. The van der Waals surface area contributed by atoms with Crippen LogP contribution in [0.2, 0.25) is 0 Å². The largest absolute Gasteiger partial charge is 0.314 e. The van der Waals surface area contributed by atoms with Crippen molar-refractivity contribution in [2.45, 2.75) is 51.5 Å². The Hall–Kier alpha value is -0.900. The molecule has 15 heavy (non-hydrogen) atoms. The Balaban J connectivity index is 2.00. The fraction of sp³-hybridized carbons (Fsp3) is 0.818. The standard InChI is InChI=1S/C11H20N4/c1-11(2,3)10-13-9(14-15-10)7-8-5-4-6-12-8/h8,12H,4-7H2,1-3H3,(H,13,14,15). The predicted molar refractivity (Wildman–Crippen MR) is 59.8 cm³/mol. The van der Waals surface area contributed by atoms with Crippen molar-refractivity contribution in [3.8, 4) is 0 Å². The van der Waals surface area contributed by atoms with E-state index in [1.807, 2.05) is 0 Å². The lowest BCUT2D eigenvalue weighted by atomic mass is 9.96. The van der Waals surface area contributed by atoms with E-state index in [2.05, 4.69) is 41.3 Å². The van der Waals surface area contributed by atoms with Crippen molar-refractivity contribution >= 4 is 0 Å². The Kier molecular flexibility index (Phi) is 2.78. The molecule has 0 saturated carbocycles. The molecule has 0 amide bonds. The molecular formula is C11H20N4. The Bertz CT molecular complexity index is 318. The van der Waals surface area contributed by atoms with E-state index < -0.39 is 0 Å². The lowest BCUT2D eigenvalue weighted by molar-refractivity contribution is 0.545. The second-order valence-corrected chi connectivity index (χ2v) is 5.35. The van der Waals surface area contributed by atoms with Crippen LogP contribution >= 0.6 is 0 Å². The van der Waals surface area contributed by atoms with Gasteiger partial charge in [0.15, 0.2) is 5.82 Å². The van der Waals surface area contributed by atoms with Crippen LogP contribution in [0, 0.1) is 0 Å². The van der Waals surface area contributed by atoms with Gasteiger partial charge in [0.1, 0.15) is 5.82 Å². The maximum atomic E-state index is 4.54. The van der Waals surface area contributed by atoms with Gasteiger partial charge in [0.05, 0.1) is 0 Å². The second-order valence-electron chi connectivity index (χ2n) is 5.35. The maximum absolute atomic E-state index is 4.54. The summed E-state index contributed by atoms with van der Waals surface area (Å²) in [6.45, 7) is 7.54. The molecule has 2 N–H and O–H groups in total. The molecule has 2 rings (SSSR count). The number of hydrogen-bond acceptors (Lipinski definition) is 3. The summed E-state index contributed by atoms with van der Waals surface area (Å²) in [6, 6.07) is 0.589. The number of rotatable bonds is 2. The summed E-state index contributed by atoms with van der Waals surface area (Å²) in [7, 11) is 0. The zero-order chi connectivity index (χ0) is 10.9. The Labute approximate surface area is 90.9 Å². The quantitative estimate of drug-likeness (QED) is 0.772. The summed E-state index contributed by atoms with van der Waals surface area (Å²) in [4.78, 5) is 4.54. The van der Waals surface area contributed by atoms with Gasteiger partial charge in [0.25, 0.3) is 0 Å². The van der Waals surface area contributed by atoms with Crippen LogP contribution in [0.25, 0.3) is 0 Å². The number of aromatic nitrogens is 3. The van der Waals surface area contributed by atoms with Gasteiger partial charge in [-0.15, -0.1) is 0 Å². The van der Waals surface area contributed by atoms with Crippen molar-refractivity contribution in [2.75, 3.05) is 6.54 Å². The van der Waals surface area contributed by atoms with Crippen molar-refractivity contribution in [1.29, 1.82) is 0 Å². The van der Waals surface area contributed by atoms with Gasteiger partial charge in [-0.2, -0.15) is 5.10 Å². The summed E-state index contributed by atoms with van der Waals surface area (Å²) < 4.78 is 0. The van der Waals surface area contributed by atoms with Crippen molar-refractivity contribution in [2.24, 2.45) is 0 Å². The minimum atomic E-state index is 0.0395. The van der Waals surface area contributed by atoms with Gasteiger partial charge < -0.3 is 5.32 Å². The van der Waals surface area contributed by atoms with Crippen LogP contribution < -0.4 is 5.32 Å². The number of nitrogens with zero attached hydrogens (tertiary/aromatic N) is 2. The van der Waals surface area contributed by atoms with E-state index in [0.29, 0.717) is 6.04 Å². The molecule has 1 aromatic rings. The maximum Gasteiger partial charge on any atom is 0.155 e. The molecule has 0 bridgehead atoms. The molecule has 1 aliphatic rings. The fourth-order valence-corrected chi connectivity index (χ4v) is 1.89. The van der Waals surface area contributed by atoms with Gasteiger partial charge in [0, 0.05) is 17.9 Å². The van der Waals surface area contributed by atoms with E-state index >= 15 is 0 Å². The Morgan fingerprint density at radius 2 is 2.20 bits per heavy atom. The smallest absolute Gasteiger partial charge is 0.155 e. The zero-order valence-corrected chi connectivity index (χ0v) is 9.80. The lowest BCUT2D eigenvalue weighted by Crippen LogP contribution is -2.24. The highest BCUT2D eigenvalue weighted by Crippen LogP contribution is 2.18. The van der Waals surface area contributed by atoms with E-state index in [-0.39, 0.29) is 5.41 Å². The first-order chi connectivity index (χ1) is 7.05. The summed E-state index contributed by atoms with van der Waals surface area (Å²) in [5, 5.41) is 10.8. The van der Waals surface area contributed by atoms with E-state index in [0.717, 1.165) is 24.6 Å². The normalized spacial score (nSPS) is 22.2. The minimum absolute atomic E-state index is 0.0395. The molecule has 84 valence electrons. The van der Waals surface area contributed by atoms with Crippen molar-refractivity contribution in [3.05, 3.63) is 11.6 Å². The molecule has 1 aliphatic heterocycles. The van der Waals surface area contributed by atoms with E-state index in [1.165, 1.54) is 12.8 Å². The molecule has 1 atom stereocenters. The van der Waals surface area contributed by atoms with Gasteiger partial charge in [0.2, 0.25) is 0 Å². The van der Waals surface area contributed by atoms with E-state index in [1.54, 1.807) is 0 Å². The zero-order valence-electron chi connectivity index (χ0n) is 9.80. The van der Waals surface area contributed by atoms with Crippen LogP contribution in [0.5, 0.6) is 0 Å². The number of H-pyrrole nitrogens is 1. The van der Waals surface area contributed by atoms with Crippen LogP contribution in [-0.4, -0.2) is 27.8 Å². The SMILES string of the molecule is CC(C)(C)c1n[nH]c(CC2CCCN2)n1. The summed E-state index contributed by atoms with van der Waals surface area (Å²) in [5.41, 5.74) is 0.0395. The molecule has 1 unspecified atom stereocenters. The third-order valence-electron chi connectivity index (χ3n) is 2.80. The molecule has 0 aliphatic carbocycles. The van der Waals surface area contributed by atoms with Gasteiger partial charge in [-0.05, 0) is 19.4 Å². The predicted octanol–water partition coefficient (Wildman–Crippen LogP) is 1.40. The molecule has 0 aromatic carbocycles. The number of aromatic amines is 1. The van der Waals surface area contributed by atoms with Crippen LogP contribution in [-0.2, 0) is 11.8 Å². The average molecular weight is 208 g/mol. The topological polar surface area (TPSA) is 53.6 Å². The molecule has 0 radical (unpaired) electrons. The summed E-state index contributed by atoms with van der Waals surface area (Å²) in [6.07, 6.45) is 3.51. The molecule has 4 nitrogen and oxygen atoms in total. The van der Waals surface area contributed by atoms with Crippen molar-refractivity contribution < 1.29 is 0 Å². The minimum Gasteiger partial charge on any atom is -0.314 e. The molecular weight excluding hydrogens is 188 g/mol. The molecule has 1 saturated heterocycles. The average Bonchev–Trinajstić information content (AvgIpc) is 2.73. The van der Waals surface area contributed by atoms with Gasteiger partial charge in [-0.25, -0.2) is 4.98 Å². The Morgan fingerprint density at radius 3 is 2.73 bits per heavy atom. The highest BCUT2D eigenvalue weighted by molar-refractivity contribution is 5.03. The fourth-order valence-electron chi connectivity index (χ4n) is 1.89. The van der Waals surface area contributed by atoms with Gasteiger partial charge >= 0.3 is 0 Å². The summed E-state index contributed by atoms with van der Waals surface area (Å²) >= 11 is 0. The highest BCUT2D eigenvalue weighted by atomic mass is 15.2. The molecule has 0 spiro atoms. The molecule has 2 heterocycles. The van der Waals surface area contributed by atoms with Crippen LogP contribution in [0.1, 0.15) is 45.3 Å². The van der Waals surface area contributed by atoms with Gasteiger partial charge in [-0.3, -0.25) is 5.10 Å². The van der Waals surface area contributed by atoms with Crippen LogP contribution in [0.15, 0.2) is 0 Å².